The van der Waals surface area contributed by atoms with E-state index in [1.807, 2.05) is 42.5 Å². The third-order valence-corrected chi connectivity index (χ3v) is 6.12. The van der Waals surface area contributed by atoms with Gasteiger partial charge in [-0.3, -0.25) is 4.79 Å². The van der Waals surface area contributed by atoms with E-state index in [2.05, 4.69) is 4.98 Å². The summed E-state index contributed by atoms with van der Waals surface area (Å²) >= 11 is 0. The highest BCUT2D eigenvalue weighted by Gasteiger charge is 2.47. The summed E-state index contributed by atoms with van der Waals surface area (Å²) < 4.78 is 66.5. The summed E-state index contributed by atoms with van der Waals surface area (Å²) in [6, 6.07) is 18.4. The van der Waals surface area contributed by atoms with Gasteiger partial charge >= 0.3 is 12.1 Å². The van der Waals surface area contributed by atoms with Crippen LogP contribution in [0.3, 0.4) is 0 Å². The number of alkyl halides is 5. The maximum Gasteiger partial charge on any atom is 0.490 e. The lowest BCUT2D eigenvalue weighted by Crippen LogP contribution is -2.55. The van der Waals surface area contributed by atoms with Crippen molar-refractivity contribution >= 4 is 22.8 Å². The first-order chi connectivity index (χ1) is 17.4. The summed E-state index contributed by atoms with van der Waals surface area (Å²) in [7, 11) is 0. The normalized spacial score (nSPS) is 19.1. The van der Waals surface area contributed by atoms with Crippen LogP contribution in [-0.4, -0.2) is 58.2 Å². The number of nitrogens with zero attached hydrogens (tertiary/aromatic N) is 2. The number of fused-ring (bicyclic) bond motifs is 1. The molecular weight excluding hydrogens is 499 g/mol. The Labute approximate surface area is 208 Å². The first-order valence-electron chi connectivity index (χ1n) is 11.5. The largest absolute Gasteiger partial charge is 0.490 e. The molecule has 1 amide bonds. The van der Waals surface area contributed by atoms with Gasteiger partial charge in [-0.2, -0.15) is 13.2 Å². The molecule has 2 fully saturated rings. The Bertz CT molecular complexity index is 1290. The number of likely N-dealkylation sites (tertiary alicyclic amines) is 1. The Morgan fingerprint density at radius 2 is 1.73 bits per heavy atom. The minimum atomic E-state index is -5.08. The van der Waals surface area contributed by atoms with Crippen LogP contribution in [0, 0.1) is 0 Å². The van der Waals surface area contributed by atoms with Crippen molar-refractivity contribution in [2.24, 2.45) is 0 Å². The summed E-state index contributed by atoms with van der Waals surface area (Å²) in [5.41, 5.74) is 2.38. The molecule has 2 aliphatic rings. The molecule has 1 saturated heterocycles. The third-order valence-electron chi connectivity index (χ3n) is 6.12. The number of carbonyl (C=O) groups is 2. The van der Waals surface area contributed by atoms with Gasteiger partial charge in [0.25, 0.3) is 11.8 Å². The zero-order valence-electron chi connectivity index (χ0n) is 19.4. The van der Waals surface area contributed by atoms with Crippen molar-refractivity contribution in [2.75, 3.05) is 13.1 Å². The smallest absolute Gasteiger partial charge is 0.475 e. The molecule has 1 aromatic heterocycles. The Morgan fingerprint density at radius 1 is 1.03 bits per heavy atom. The number of carbonyl (C=O) groups excluding carboxylic acids is 1. The van der Waals surface area contributed by atoms with Crippen LogP contribution in [0.2, 0.25) is 0 Å². The molecule has 2 heterocycles. The second-order valence-electron chi connectivity index (χ2n) is 8.91. The van der Waals surface area contributed by atoms with Crippen molar-refractivity contribution in [1.82, 2.24) is 9.88 Å². The molecule has 0 radical (unpaired) electrons. The van der Waals surface area contributed by atoms with Gasteiger partial charge in [-0.25, -0.2) is 18.6 Å². The Balaban J connectivity index is 0.000000405. The fourth-order valence-electron chi connectivity index (χ4n) is 3.96. The van der Waals surface area contributed by atoms with E-state index in [0.29, 0.717) is 17.0 Å². The number of carboxylic acid groups (broad SMARTS) is 1. The molecule has 196 valence electrons. The first kappa shape index (κ1) is 26.3. The number of benzene rings is 2. The summed E-state index contributed by atoms with van der Waals surface area (Å²) in [6.45, 7) is -0.168. The number of hydrogen-bond donors (Lipinski definition) is 1. The van der Waals surface area contributed by atoms with Gasteiger partial charge in [-0.05, 0) is 48.6 Å². The van der Waals surface area contributed by atoms with Crippen molar-refractivity contribution in [2.45, 2.75) is 43.4 Å². The molecule has 6 nitrogen and oxygen atoms in total. The number of aliphatic carboxylic acids is 1. The van der Waals surface area contributed by atoms with Crippen LogP contribution in [0.5, 0.6) is 5.88 Å². The number of rotatable bonds is 4. The lowest BCUT2D eigenvalue weighted by atomic mass is 10.0. The highest BCUT2D eigenvalue weighted by Crippen LogP contribution is 2.40. The molecule has 1 aliphatic carbocycles. The van der Waals surface area contributed by atoms with E-state index in [9.17, 15) is 26.7 Å². The summed E-state index contributed by atoms with van der Waals surface area (Å²) in [6.07, 6.45) is -4.67. The van der Waals surface area contributed by atoms with Crippen molar-refractivity contribution in [3.05, 3.63) is 71.8 Å². The molecule has 11 heteroatoms. The number of ether oxygens (including phenoxy) is 1. The number of piperidine rings is 1. The average molecular weight is 522 g/mol. The van der Waals surface area contributed by atoms with Gasteiger partial charge in [0.15, 0.2) is 6.10 Å². The molecule has 1 unspecified atom stereocenters. The fraction of sp³-hybridized carbons (Fsp3) is 0.346. The van der Waals surface area contributed by atoms with Gasteiger partial charge in [0.1, 0.15) is 0 Å². The van der Waals surface area contributed by atoms with E-state index in [-0.39, 0.29) is 24.9 Å². The minimum absolute atomic E-state index is 0.00446. The fourth-order valence-corrected chi connectivity index (χ4v) is 3.96. The van der Waals surface area contributed by atoms with Gasteiger partial charge < -0.3 is 14.7 Å². The molecule has 1 saturated carbocycles. The van der Waals surface area contributed by atoms with Crippen LogP contribution in [-0.2, 0) is 4.79 Å². The van der Waals surface area contributed by atoms with Crippen LogP contribution in [0.25, 0.3) is 10.9 Å². The summed E-state index contributed by atoms with van der Waals surface area (Å²) in [5, 5.41) is 8.03. The second-order valence-corrected chi connectivity index (χ2v) is 8.91. The number of halogens is 5. The highest BCUT2D eigenvalue weighted by atomic mass is 19.4. The molecule has 37 heavy (non-hydrogen) atoms. The van der Waals surface area contributed by atoms with Crippen molar-refractivity contribution in [1.29, 1.82) is 0 Å². The van der Waals surface area contributed by atoms with Crippen LogP contribution < -0.4 is 4.74 Å². The Hall–Kier alpha value is -3.76. The Morgan fingerprint density at radius 3 is 2.41 bits per heavy atom. The highest BCUT2D eigenvalue weighted by molar-refractivity contribution is 5.94. The van der Waals surface area contributed by atoms with Crippen molar-refractivity contribution in [3.8, 4) is 5.88 Å². The van der Waals surface area contributed by atoms with Crippen LogP contribution >= 0.6 is 0 Å². The van der Waals surface area contributed by atoms with Crippen LogP contribution in [0.1, 0.15) is 41.1 Å². The van der Waals surface area contributed by atoms with Gasteiger partial charge in [-0.1, -0.05) is 30.3 Å². The van der Waals surface area contributed by atoms with Gasteiger partial charge in [0.05, 0.1) is 12.1 Å². The average Bonchev–Trinajstić information content (AvgIpc) is 3.70. The standard InChI is InChI=1S/C24H22F2N2O2.C2HF3O2/c25-24(26)12-13-28(23(29)19-6-3-5-18(14-19)16-8-9-16)15-21(24)30-22-11-10-17-4-1-2-7-20(17)27-22;3-2(4,5)1(6)7/h1-7,10-11,14,16,21H,8-9,12-13,15H2;(H,6,7). The van der Waals surface area contributed by atoms with E-state index in [0.717, 1.165) is 23.8 Å². The molecule has 1 N–H and O–H groups in total. The van der Waals surface area contributed by atoms with Gasteiger partial charge in [0, 0.05) is 30.0 Å². The lowest BCUT2D eigenvalue weighted by molar-refractivity contribution is -0.192. The first-order valence-corrected chi connectivity index (χ1v) is 11.5. The number of para-hydroxylation sites is 1. The van der Waals surface area contributed by atoms with Crippen LogP contribution in [0.4, 0.5) is 22.0 Å². The molecule has 3 aromatic rings. The van der Waals surface area contributed by atoms with E-state index in [4.69, 9.17) is 14.6 Å². The number of hydrogen-bond acceptors (Lipinski definition) is 4. The number of pyridine rings is 1. The van der Waals surface area contributed by atoms with E-state index < -0.39 is 30.6 Å². The molecule has 1 atom stereocenters. The summed E-state index contributed by atoms with van der Waals surface area (Å²) in [4.78, 5) is 27.7. The number of amides is 1. The molecule has 5 rings (SSSR count). The van der Waals surface area contributed by atoms with E-state index >= 15 is 0 Å². The monoisotopic (exact) mass is 522 g/mol. The predicted molar refractivity (Wildman–Crippen MR) is 124 cm³/mol. The molecule has 2 aromatic carbocycles. The third kappa shape index (κ3) is 6.52. The molecule has 0 spiro atoms. The molecular formula is C26H23F5N2O4. The number of aromatic nitrogens is 1. The predicted octanol–water partition coefficient (Wildman–Crippen LogP) is 5.67. The maximum absolute atomic E-state index is 14.6. The van der Waals surface area contributed by atoms with Crippen LogP contribution in [0.15, 0.2) is 60.7 Å². The topological polar surface area (TPSA) is 79.7 Å². The maximum atomic E-state index is 14.6. The zero-order valence-corrected chi connectivity index (χ0v) is 19.4. The molecule has 0 bridgehead atoms. The molecule has 1 aliphatic heterocycles. The van der Waals surface area contributed by atoms with Gasteiger partial charge in [-0.15, -0.1) is 0 Å². The van der Waals surface area contributed by atoms with E-state index in [1.54, 1.807) is 18.2 Å². The minimum Gasteiger partial charge on any atom is -0.475 e. The van der Waals surface area contributed by atoms with Gasteiger partial charge in [0.2, 0.25) is 5.88 Å². The quantitative estimate of drug-likeness (QED) is 0.447. The van der Waals surface area contributed by atoms with E-state index in [1.165, 1.54) is 4.90 Å². The second kappa shape index (κ2) is 10.3. The van der Waals surface area contributed by atoms with Crippen molar-refractivity contribution < 1.29 is 41.4 Å². The summed E-state index contributed by atoms with van der Waals surface area (Å²) in [5.74, 6) is -5.34. The van der Waals surface area contributed by atoms with Crippen molar-refractivity contribution in [3.63, 3.8) is 0 Å². The zero-order chi connectivity index (χ0) is 26.8. The lowest BCUT2D eigenvalue weighted by Gasteiger charge is -2.38. The Kier molecular flexibility index (Phi) is 7.33. The number of carboxylic acids is 1. The SMILES string of the molecule is O=C(O)C(F)(F)F.O=C(c1cccc(C2CC2)c1)N1CCC(F)(F)C(Oc2ccc3ccccc3n2)C1.